The SMILES string of the molecule is CC1CCCCN1CCCNC1CCc2cc(Cl)ccc21. The van der Waals surface area contributed by atoms with E-state index < -0.39 is 0 Å². The Balaban J connectivity index is 1.43. The van der Waals surface area contributed by atoms with Crippen molar-refractivity contribution in [3.8, 4) is 0 Å². The summed E-state index contributed by atoms with van der Waals surface area (Å²) in [6, 6.07) is 7.68. The molecule has 1 N–H and O–H groups in total. The fraction of sp³-hybridized carbons (Fsp3) is 0.667. The van der Waals surface area contributed by atoms with Gasteiger partial charge in [-0.1, -0.05) is 24.1 Å². The Bertz CT molecular complexity index is 474. The third-order valence-corrected chi connectivity index (χ3v) is 5.37. The number of rotatable bonds is 5. The van der Waals surface area contributed by atoms with Gasteiger partial charge < -0.3 is 10.2 Å². The molecule has 1 fully saturated rings. The highest BCUT2D eigenvalue weighted by molar-refractivity contribution is 6.30. The van der Waals surface area contributed by atoms with Gasteiger partial charge in [0.05, 0.1) is 0 Å². The Morgan fingerprint density at radius 1 is 1.29 bits per heavy atom. The van der Waals surface area contributed by atoms with Crippen LogP contribution in [0.5, 0.6) is 0 Å². The minimum Gasteiger partial charge on any atom is -0.310 e. The van der Waals surface area contributed by atoms with E-state index in [1.807, 2.05) is 6.07 Å². The van der Waals surface area contributed by atoms with Crippen molar-refractivity contribution in [2.45, 2.75) is 57.5 Å². The van der Waals surface area contributed by atoms with Crippen LogP contribution >= 0.6 is 11.6 Å². The van der Waals surface area contributed by atoms with E-state index in [-0.39, 0.29) is 0 Å². The lowest BCUT2D eigenvalue weighted by molar-refractivity contribution is 0.158. The Morgan fingerprint density at radius 2 is 2.19 bits per heavy atom. The summed E-state index contributed by atoms with van der Waals surface area (Å²) in [6.45, 7) is 6.04. The van der Waals surface area contributed by atoms with E-state index in [4.69, 9.17) is 11.6 Å². The van der Waals surface area contributed by atoms with Crippen molar-refractivity contribution in [3.63, 3.8) is 0 Å². The van der Waals surface area contributed by atoms with Gasteiger partial charge in [0, 0.05) is 17.1 Å². The van der Waals surface area contributed by atoms with Gasteiger partial charge in [0.25, 0.3) is 0 Å². The van der Waals surface area contributed by atoms with Crippen molar-refractivity contribution in [2.24, 2.45) is 0 Å². The van der Waals surface area contributed by atoms with E-state index in [2.05, 4.69) is 29.3 Å². The molecule has 1 saturated heterocycles. The van der Waals surface area contributed by atoms with Crippen LogP contribution in [-0.4, -0.2) is 30.6 Å². The van der Waals surface area contributed by atoms with E-state index in [0.717, 1.165) is 24.0 Å². The predicted octanol–water partition coefficient (Wildman–Crippen LogP) is 4.18. The van der Waals surface area contributed by atoms with E-state index in [0.29, 0.717) is 6.04 Å². The second-order valence-corrected chi connectivity index (χ2v) is 7.06. The molecule has 0 aromatic heterocycles. The summed E-state index contributed by atoms with van der Waals surface area (Å²) in [4.78, 5) is 2.66. The number of nitrogens with zero attached hydrogens (tertiary/aromatic N) is 1. The normalized spacial score (nSPS) is 26.0. The average molecular weight is 307 g/mol. The third kappa shape index (κ3) is 3.80. The standard InChI is InChI=1S/C18H27ClN2/c1-14-5-2-3-11-21(14)12-4-10-20-18-9-6-15-13-16(19)7-8-17(15)18/h7-8,13-14,18,20H,2-6,9-12H2,1H3. The summed E-state index contributed by atoms with van der Waals surface area (Å²) < 4.78 is 0. The van der Waals surface area contributed by atoms with Gasteiger partial charge in [-0.3, -0.25) is 0 Å². The van der Waals surface area contributed by atoms with Gasteiger partial charge in [0.2, 0.25) is 0 Å². The lowest BCUT2D eigenvalue weighted by Crippen LogP contribution is -2.39. The molecule has 2 unspecified atom stereocenters. The van der Waals surface area contributed by atoms with Crippen LogP contribution in [0, 0.1) is 0 Å². The molecular weight excluding hydrogens is 280 g/mol. The molecular formula is C18H27ClN2. The van der Waals surface area contributed by atoms with E-state index in [1.54, 1.807) is 0 Å². The van der Waals surface area contributed by atoms with E-state index >= 15 is 0 Å². The molecule has 3 heteroatoms. The predicted molar refractivity (Wildman–Crippen MR) is 90.0 cm³/mol. The highest BCUT2D eigenvalue weighted by Gasteiger charge is 2.22. The van der Waals surface area contributed by atoms with Crippen LogP contribution < -0.4 is 5.32 Å². The molecule has 1 aromatic carbocycles. The van der Waals surface area contributed by atoms with Crippen molar-refractivity contribution < 1.29 is 0 Å². The van der Waals surface area contributed by atoms with Gasteiger partial charge in [-0.15, -0.1) is 0 Å². The van der Waals surface area contributed by atoms with Crippen LogP contribution in [0.3, 0.4) is 0 Å². The Kier molecular flexibility index (Phi) is 5.20. The number of hydrogen-bond acceptors (Lipinski definition) is 2. The van der Waals surface area contributed by atoms with Gasteiger partial charge in [-0.25, -0.2) is 0 Å². The summed E-state index contributed by atoms with van der Waals surface area (Å²) in [6.07, 6.45) is 7.81. The van der Waals surface area contributed by atoms with Crippen LogP contribution in [0.2, 0.25) is 5.02 Å². The number of likely N-dealkylation sites (tertiary alicyclic amines) is 1. The van der Waals surface area contributed by atoms with E-state index in [9.17, 15) is 0 Å². The van der Waals surface area contributed by atoms with Crippen molar-refractivity contribution in [2.75, 3.05) is 19.6 Å². The average Bonchev–Trinajstić information content (AvgIpc) is 2.87. The summed E-state index contributed by atoms with van der Waals surface area (Å²) in [5, 5.41) is 4.61. The van der Waals surface area contributed by atoms with Gasteiger partial charge in [0.1, 0.15) is 0 Å². The number of nitrogens with one attached hydrogen (secondary N) is 1. The first-order chi connectivity index (χ1) is 10.2. The number of fused-ring (bicyclic) bond motifs is 1. The highest BCUT2D eigenvalue weighted by Crippen LogP contribution is 2.32. The molecule has 21 heavy (non-hydrogen) atoms. The maximum atomic E-state index is 6.07. The molecule has 0 spiro atoms. The van der Waals surface area contributed by atoms with Crippen LogP contribution in [-0.2, 0) is 6.42 Å². The summed E-state index contributed by atoms with van der Waals surface area (Å²) in [5.41, 5.74) is 2.90. The van der Waals surface area contributed by atoms with Crippen LogP contribution in [0.1, 0.15) is 56.2 Å². The van der Waals surface area contributed by atoms with Crippen molar-refractivity contribution in [1.82, 2.24) is 10.2 Å². The molecule has 116 valence electrons. The van der Waals surface area contributed by atoms with Crippen molar-refractivity contribution >= 4 is 11.6 Å². The summed E-state index contributed by atoms with van der Waals surface area (Å²) >= 11 is 6.07. The van der Waals surface area contributed by atoms with Gasteiger partial charge in [-0.2, -0.15) is 0 Å². The van der Waals surface area contributed by atoms with E-state index in [1.165, 1.54) is 56.3 Å². The topological polar surface area (TPSA) is 15.3 Å². The Morgan fingerprint density at radius 3 is 3.05 bits per heavy atom. The molecule has 2 atom stereocenters. The minimum atomic E-state index is 0.538. The van der Waals surface area contributed by atoms with Gasteiger partial charge in [-0.05, 0) is 81.9 Å². The zero-order valence-corrected chi connectivity index (χ0v) is 13.8. The van der Waals surface area contributed by atoms with Crippen LogP contribution in [0.4, 0.5) is 0 Å². The summed E-state index contributed by atoms with van der Waals surface area (Å²) in [7, 11) is 0. The van der Waals surface area contributed by atoms with Crippen molar-refractivity contribution in [1.29, 1.82) is 0 Å². The lowest BCUT2D eigenvalue weighted by Gasteiger charge is -2.33. The first-order valence-corrected chi connectivity index (χ1v) is 8.87. The molecule has 0 saturated carbocycles. The second kappa shape index (κ2) is 7.13. The highest BCUT2D eigenvalue weighted by atomic mass is 35.5. The summed E-state index contributed by atoms with van der Waals surface area (Å²) in [5.74, 6) is 0. The van der Waals surface area contributed by atoms with Gasteiger partial charge in [0.15, 0.2) is 0 Å². The lowest BCUT2D eigenvalue weighted by atomic mass is 10.0. The molecule has 0 radical (unpaired) electrons. The largest absolute Gasteiger partial charge is 0.310 e. The maximum Gasteiger partial charge on any atom is 0.0408 e. The number of benzene rings is 1. The number of piperidine rings is 1. The van der Waals surface area contributed by atoms with Crippen molar-refractivity contribution in [3.05, 3.63) is 34.3 Å². The molecule has 0 amide bonds. The molecule has 1 heterocycles. The first kappa shape index (κ1) is 15.3. The molecule has 0 bridgehead atoms. The smallest absolute Gasteiger partial charge is 0.0408 e. The minimum absolute atomic E-state index is 0.538. The fourth-order valence-electron chi connectivity index (χ4n) is 3.85. The monoisotopic (exact) mass is 306 g/mol. The quantitative estimate of drug-likeness (QED) is 0.821. The molecule has 2 aliphatic rings. The number of halogens is 1. The second-order valence-electron chi connectivity index (χ2n) is 6.62. The Labute approximate surface area is 133 Å². The molecule has 1 aliphatic carbocycles. The molecule has 3 rings (SSSR count). The van der Waals surface area contributed by atoms with Gasteiger partial charge >= 0.3 is 0 Å². The molecule has 2 nitrogen and oxygen atoms in total. The maximum absolute atomic E-state index is 6.07. The van der Waals surface area contributed by atoms with Crippen LogP contribution in [0.25, 0.3) is 0 Å². The zero-order valence-electron chi connectivity index (χ0n) is 13.1. The number of aryl methyl sites for hydroxylation is 1. The first-order valence-electron chi connectivity index (χ1n) is 8.50. The third-order valence-electron chi connectivity index (χ3n) is 5.14. The zero-order chi connectivity index (χ0) is 14.7. The molecule has 1 aromatic rings. The Hall–Kier alpha value is -0.570. The molecule has 1 aliphatic heterocycles. The van der Waals surface area contributed by atoms with Crippen LogP contribution in [0.15, 0.2) is 18.2 Å². The fourth-order valence-corrected chi connectivity index (χ4v) is 4.04. The number of hydrogen-bond donors (Lipinski definition) is 1.